The van der Waals surface area contributed by atoms with Crippen LogP contribution >= 0.6 is 0 Å². The van der Waals surface area contributed by atoms with Gasteiger partial charge in [-0.05, 0) is 43.2 Å². The van der Waals surface area contributed by atoms with Crippen LogP contribution < -0.4 is 15.1 Å². The van der Waals surface area contributed by atoms with Crippen LogP contribution in [-0.4, -0.2) is 31.5 Å². The van der Waals surface area contributed by atoms with Gasteiger partial charge in [0.2, 0.25) is 5.91 Å². The number of carbonyl (C=O) groups is 1. The first-order valence-electron chi connectivity index (χ1n) is 8.81. The third-order valence-electron chi connectivity index (χ3n) is 4.59. The summed E-state index contributed by atoms with van der Waals surface area (Å²) >= 11 is 0. The number of aromatic nitrogens is 1. The van der Waals surface area contributed by atoms with Crippen molar-refractivity contribution in [3.8, 4) is 0 Å². The van der Waals surface area contributed by atoms with Crippen molar-refractivity contribution < 1.29 is 4.79 Å². The maximum atomic E-state index is 12.0. The van der Waals surface area contributed by atoms with E-state index in [1.807, 2.05) is 54.2 Å². The van der Waals surface area contributed by atoms with Gasteiger partial charge in [-0.2, -0.15) is 0 Å². The number of benzene rings is 1. The summed E-state index contributed by atoms with van der Waals surface area (Å²) < 4.78 is 0. The molecule has 1 amide bonds. The topological polar surface area (TPSA) is 48.5 Å². The summed E-state index contributed by atoms with van der Waals surface area (Å²) in [6.45, 7) is 3.67. The minimum atomic E-state index is 0.183. The quantitative estimate of drug-likeness (QED) is 0.879. The zero-order valence-electron chi connectivity index (χ0n) is 15.2. The second-order valence-electron chi connectivity index (χ2n) is 6.73. The summed E-state index contributed by atoms with van der Waals surface area (Å²) in [7, 11) is 3.99. The fourth-order valence-corrected chi connectivity index (χ4v) is 3.07. The molecule has 0 spiro atoms. The molecule has 1 aliphatic heterocycles. The third-order valence-corrected chi connectivity index (χ3v) is 4.59. The average molecular weight is 338 g/mol. The van der Waals surface area contributed by atoms with Gasteiger partial charge in [-0.3, -0.25) is 4.79 Å². The lowest BCUT2D eigenvalue weighted by Gasteiger charge is -2.20. The molecule has 1 atom stereocenters. The molecule has 0 bridgehead atoms. The van der Waals surface area contributed by atoms with Crippen molar-refractivity contribution in [2.45, 2.75) is 32.4 Å². The van der Waals surface area contributed by atoms with Crippen molar-refractivity contribution in [1.82, 2.24) is 10.3 Å². The molecule has 5 nitrogen and oxygen atoms in total. The van der Waals surface area contributed by atoms with Gasteiger partial charge in [0, 0.05) is 45.3 Å². The summed E-state index contributed by atoms with van der Waals surface area (Å²) in [6.07, 6.45) is 1.61. The predicted molar refractivity (Wildman–Crippen MR) is 102 cm³/mol. The Kier molecular flexibility index (Phi) is 5.34. The van der Waals surface area contributed by atoms with Crippen molar-refractivity contribution in [3.63, 3.8) is 0 Å². The van der Waals surface area contributed by atoms with Gasteiger partial charge in [0.15, 0.2) is 0 Å². The molecule has 132 valence electrons. The number of anilines is 2. The van der Waals surface area contributed by atoms with Gasteiger partial charge in [0.05, 0.1) is 5.69 Å². The van der Waals surface area contributed by atoms with E-state index >= 15 is 0 Å². The highest BCUT2D eigenvalue weighted by Crippen LogP contribution is 2.25. The molecule has 2 heterocycles. The number of rotatable bonds is 6. The number of hydrogen-bond donors (Lipinski definition) is 1. The second-order valence-corrected chi connectivity index (χ2v) is 6.73. The molecule has 5 heteroatoms. The van der Waals surface area contributed by atoms with Crippen LogP contribution in [0.2, 0.25) is 0 Å². The standard InChI is InChI=1S/C20H26N4O/c1-15(21-14-17-8-5-10-19(22-17)23(2)3)16-7-4-9-18(13-16)24-12-6-11-20(24)25/h4-5,7-10,13,15,21H,6,11-12,14H2,1-3H3. The Hall–Kier alpha value is -2.40. The van der Waals surface area contributed by atoms with E-state index in [-0.39, 0.29) is 11.9 Å². The van der Waals surface area contributed by atoms with Crippen LogP contribution in [0.25, 0.3) is 0 Å². The Morgan fingerprint density at radius 1 is 1.24 bits per heavy atom. The highest BCUT2D eigenvalue weighted by atomic mass is 16.2. The molecule has 1 aromatic heterocycles. The molecule has 1 saturated heterocycles. The zero-order valence-corrected chi connectivity index (χ0v) is 15.2. The van der Waals surface area contributed by atoms with Crippen LogP contribution in [-0.2, 0) is 11.3 Å². The van der Waals surface area contributed by atoms with Gasteiger partial charge in [0.1, 0.15) is 5.82 Å². The molecule has 3 rings (SSSR count). The fraction of sp³-hybridized carbons (Fsp3) is 0.400. The summed E-state index contributed by atoms with van der Waals surface area (Å²) in [6, 6.07) is 14.5. The van der Waals surface area contributed by atoms with Gasteiger partial charge in [-0.1, -0.05) is 18.2 Å². The van der Waals surface area contributed by atoms with Crippen LogP contribution in [0.1, 0.15) is 37.1 Å². The van der Waals surface area contributed by atoms with E-state index in [4.69, 9.17) is 0 Å². The molecule has 1 N–H and O–H groups in total. The Labute approximate surface area is 149 Å². The van der Waals surface area contributed by atoms with Crippen LogP contribution in [0, 0.1) is 0 Å². The van der Waals surface area contributed by atoms with Gasteiger partial charge < -0.3 is 15.1 Å². The van der Waals surface area contributed by atoms with E-state index in [9.17, 15) is 4.79 Å². The molecule has 0 saturated carbocycles. The Morgan fingerprint density at radius 3 is 2.76 bits per heavy atom. The van der Waals surface area contributed by atoms with Crippen molar-refractivity contribution in [2.75, 3.05) is 30.4 Å². The first-order valence-corrected chi connectivity index (χ1v) is 8.81. The molecule has 1 aliphatic rings. The Morgan fingerprint density at radius 2 is 2.04 bits per heavy atom. The Bertz CT molecular complexity index is 744. The number of nitrogens with one attached hydrogen (secondary N) is 1. The number of nitrogens with zero attached hydrogens (tertiary/aromatic N) is 3. The predicted octanol–water partition coefficient (Wildman–Crippen LogP) is 3.13. The number of pyridine rings is 1. The molecule has 0 aliphatic carbocycles. The van der Waals surface area contributed by atoms with Crippen molar-refractivity contribution in [3.05, 3.63) is 53.7 Å². The Balaban J connectivity index is 1.66. The molecular formula is C20H26N4O. The van der Waals surface area contributed by atoms with Crippen molar-refractivity contribution >= 4 is 17.4 Å². The van der Waals surface area contributed by atoms with Crippen molar-refractivity contribution in [2.24, 2.45) is 0 Å². The molecule has 0 radical (unpaired) electrons. The first kappa shape index (κ1) is 17.4. The lowest BCUT2D eigenvalue weighted by molar-refractivity contribution is -0.117. The van der Waals surface area contributed by atoms with Gasteiger partial charge >= 0.3 is 0 Å². The second kappa shape index (κ2) is 7.66. The van der Waals surface area contributed by atoms with Gasteiger partial charge in [-0.15, -0.1) is 0 Å². The lowest BCUT2D eigenvalue weighted by atomic mass is 10.1. The van der Waals surface area contributed by atoms with Gasteiger partial charge in [0.25, 0.3) is 0 Å². The highest BCUT2D eigenvalue weighted by molar-refractivity contribution is 5.95. The summed E-state index contributed by atoms with van der Waals surface area (Å²) in [5.74, 6) is 1.18. The number of hydrogen-bond acceptors (Lipinski definition) is 4. The average Bonchev–Trinajstić information content (AvgIpc) is 3.06. The minimum absolute atomic E-state index is 0.183. The third kappa shape index (κ3) is 4.17. The molecular weight excluding hydrogens is 312 g/mol. The van der Waals surface area contributed by atoms with Crippen LogP contribution in [0.3, 0.4) is 0 Å². The fourth-order valence-electron chi connectivity index (χ4n) is 3.07. The van der Waals surface area contributed by atoms with Gasteiger partial charge in [-0.25, -0.2) is 4.98 Å². The van der Waals surface area contributed by atoms with E-state index in [0.717, 1.165) is 30.2 Å². The lowest BCUT2D eigenvalue weighted by Crippen LogP contribution is -2.24. The molecule has 1 fully saturated rings. The zero-order chi connectivity index (χ0) is 17.8. The van der Waals surface area contributed by atoms with Crippen LogP contribution in [0.15, 0.2) is 42.5 Å². The number of carbonyl (C=O) groups excluding carboxylic acids is 1. The highest BCUT2D eigenvalue weighted by Gasteiger charge is 2.22. The van der Waals surface area contributed by atoms with E-state index in [0.29, 0.717) is 13.0 Å². The normalized spacial score (nSPS) is 15.5. The first-order chi connectivity index (χ1) is 12.0. The molecule has 25 heavy (non-hydrogen) atoms. The summed E-state index contributed by atoms with van der Waals surface area (Å²) in [5, 5.41) is 3.53. The largest absolute Gasteiger partial charge is 0.363 e. The summed E-state index contributed by atoms with van der Waals surface area (Å²) in [5.41, 5.74) is 3.20. The van der Waals surface area contributed by atoms with E-state index in [1.165, 1.54) is 5.56 Å². The number of amides is 1. The molecule has 2 aromatic rings. The van der Waals surface area contributed by atoms with E-state index in [2.05, 4.69) is 29.4 Å². The summed E-state index contributed by atoms with van der Waals surface area (Å²) in [4.78, 5) is 20.5. The smallest absolute Gasteiger partial charge is 0.227 e. The van der Waals surface area contributed by atoms with Crippen molar-refractivity contribution in [1.29, 1.82) is 0 Å². The molecule has 1 unspecified atom stereocenters. The van der Waals surface area contributed by atoms with Crippen LogP contribution in [0.4, 0.5) is 11.5 Å². The minimum Gasteiger partial charge on any atom is -0.363 e. The maximum Gasteiger partial charge on any atom is 0.227 e. The van der Waals surface area contributed by atoms with Crippen LogP contribution in [0.5, 0.6) is 0 Å². The van der Waals surface area contributed by atoms with E-state index in [1.54, 1.807) is 0 Å². The maximum absolute atomic E-state index is 12.0. The SMILES string of the molecule is CC(NCc1cccc(N(C)C)n1)c1cccc(N2CCCC2=O)c1. The molecule has 1 aromatic carbocycles. The monoisotopic (exact) mass is 338 g/mol. The van der Waals surface area contributed by atoms with E-state index < -0.39 is 0 Å².